The highest BCUT2D eigenvalue weighted by Crippen LogP contribution is 2.19. The van der Waals surface area contributed by atoms with Crippen LogP contribution in [0.2, 0.25) is 0 Å². The van der Waals surface area contributed by atoms with Crippen LogP contribution in [-0.2, 0) is 11.3 Å². The van der Waals surface area contributed by atoms with E-state index in [-0.39, 0.29) is 24.1 Å². The average molecular weight is 393 g/mol. The van der Waals surface area contributed by atoms with Crippen LogP contribution in [0, 0.1) is 6.92 Å². The van der Waals surface area contributed by atoms with Gasteiger partial charge in [0.25, 0.3) is 5.56 Å². The van der Waals surface area contributed by atoms with Gasteiger partial charge >= 0.3 is 0 Å². The SMILES string of the molecule is CCN(CC)[C@H](CNC(=O)Cn1nc(C)c2ccccc2c1=O)c1ccccc1. The van der Waals surface area contributed by atoms with Crippen LogP contribution in [0.5, 0.6) is 0 Å². The highest BCUT2D eigenvalue weighted by Gasteiger charge is 2.19. The third kappa shape index (κ3) is 4.71. The summed E-state index contributed by atoms with van der Waals surface area (Å²) in [6, 6.07) is 17.6. The molecule has 2 aromatic carbocycles. The molecule has 29 heavy (non-hydrogen) atoms. The van der Waals surface area contributed by atoms with Gasteiger partial charge in [0.15, 0.2) is 0 Å². The van der Waals surface area contributed by atoms with Crippen molar-refractivity contribution in [3.8, 4) is 0 Å². The molecule has 0 saturated heterocycles. The largest absolute Gasteiger partial charge is 0.353 e. The molecule has 0 radical (unpaired) electrons. The van der Waals surface area contributed by atoms with E-state index in [0.29, 0.717) is 11.9 Å². The summed E-state index contributed by atoms with van der Waals surface area (Å²) < 4.78 is 1.25. The monoisotopic (exact) mass is 392 g/mol. The molecular weight excluding hydrogens is 364 g/mol. The van der Waals surface area contributed by atoms with Crippen LogP contribution < -0.4 is 10.9 Å². The molecule has 3 aromatic rings. The van der Waals surface area contributed by atoms with Crippen LogP contribution in [0.25, 0.3) is 10.8 Å². The number of nitrogens with zero attached hydrogens (tertiary/aromatic N) is 3. The molecule has 6 heteroatoms. The topological polar surface area (TPSA) is 67.2 Å². The maximum absolute atomic E-state index is 12.7. The lowest BCUT2D eigenvalue weighted by Gasteiger charge is -2.30. The van der Waals surface area contributed by atoms with Crippen LogP contribution in [0.3, 0.4) is 0 Å². The molecule has 0 aliphatic carbocycles. The van der Waals surface area contributed by atoms with Gasteiger partial charge in [0, 0.05) is 11.9 Å². The predicted molar refractivity (Wildman–Crippen MR) is 116 cm³/mol. The number of hydrogen-bond donors (Lipinski definition) is 1. The lowest BCUT2D eigenvalue weighted by atomic mass is 10.1. The number of carbonyl (C=O) groups excluding carboxylic acids is 1. The standard InChI is InChI=1S/C23H28N4O2/c1-4-26(5-2)21(18-11-7-6-8-12-18)15-24-22(28)16-27-23(29)20-14-10-9-13-19(20)17(3)25-27/h6-14,21H,4-5,15-16H2,1-3H3,(H,24,28)/t21-/m1/s1. The van der Waals surface area contributed by atoms with Crippen LogP contribution in [0.1, 0.15) is 31.1 Å². The molecule has 1 amide bonds. The van der Waals surface area contributed by atoms with E-state index in [1.807, 2.05) is 43.3 Å². The fourth-order valence-electron chi connectivity index (χ4n) is 3.71. The van der Waals surface area contributed by atoms with Crippen molar-refractivity contribution in [2.24, 2.45) is 0 Å². The molecule has 0 unspecified atom stereocenters. The van der Waals surface area contributed by atoms with E-state index < -0.39 is 0 Å². The quantitative estimate of drug-likeness (QED) is 0.640. The second-order valence-electron chi connectivity index (χ2n) is 7.05. The van der Waals surface area contributed by atoms with E-state index in [4.69, 9.17) is 0 Å². The van der Waals surface area contributed by atoms with Crippen LogP contribution in [-0.4, -0.2) is 40.2 Å². The summed E-state index contributed by atoms with van der Waals surface area (Å²) in [5, 5.41) is 8.72. The molecule has 1 atom stereocenters. The molecule has 0 saturated carbocycles. The number of amides is 1. The average Bonchev–Trinajstić information content (AvgIpc) is 2.75. The maximum Gasteiger partial charge on any atom is 0.275 e. The highest BCUT2D eigenvalue weighted by molar-refractivity contribution is 5.83. The Balaban J connectivity index is 1.75. The second-order valence-corrected chi connectivity index (χ2v) is 7.05. The lowest BCUT2D eigenvalue weighted by molar-refractivity contribution is -0.122. The number of carbonyl (C=O) groups is 1. The maximum atomic E-state index is 12.7. The zero-order valence-electron chi connectivity index (χ0n) is 17.3. The Morgan fingerprint density at radius 2 is 1.66 bits per heavy atom. The first kappa shape index (κ1) is 20.7. The Bertz CT molecular complexity index is 1030. The van der Waals surface area contributed by atoms with E-state index in [9.17, 15) is 9.59 Å². The number of fused-ring (bicyclic) bond motifs is 1. The van der Waals surface area contributed by atoms with Crippen molar-refractivity contribution < 1.29 is 4.79 Å². The van der Waals surface area contributed by atoms with Gasteiger partial charge in [0.1, 0.15) is 6.54 Å². The van der Waals surface area contributed by atoms with E-state index >= 15 is 0 Å². The van der Waals surface area contributed by atoms with Gasteiger partial charge in [0.2, 0.25) is 5.91 Å². The number of aryl methyl sites for hydroxylation is 1. The summed E-state index contributed by atoms with van der Waals surface area (Å²) in [5.41, 5.74) is 1.65. The first-order chi connectivity index (χ1) is 14.0. The third-order valence-electron chi connectivity index (χ3n) is 5.28. The minimum Gasteiger partial charge on any atom is -0.353 e. The summed E-state index contributed by atoms with van der Waals surface area (Å²) in [6.07, 6.45) is 0. The van der Waals surface area contributed by atoms with Crippen LogP contribution in [0.15, 0.2) is 59.4 Å². The first-order valence-corrected chi connectivity index (χ1v) is 10.1. The number of rotatable bonds is 8. The van der Waals surface area contributed by atoms with Gasteiger partial charge in [-0.2, -0.15) is 5.10 Å². The molecular formula is C23H28N4O2. The van der Waals surface area contributed by atoms with Gasteiger partial charge in [-0.25, -0.2) is 4.68 Å². The van der Waals surface area contributed by atoms with Crippen molar-refractivity contribution in [1.29, 1.82) is 0 Å². The van der Waals surface area contributed by atoms with Crippen molar-refractivity contribution >= 4 is 16.7 Å². The predicted octanol–water partition coefficient (Wildman–Crippen LogP) is 2.90. The molecule has 1 heterocycles. The molecule has 0 aliphatic heterocycles. The van der Waals surface area contributed by atoms with Crippen molar-refractivity contribution in [2.75, 3.05) is 19.6 Å². The molecule has 0 fully saturated rings. The Hall–Kier alpha value is -2.99. The van der Waals surface area contributed by atoms with Gasteiger partial charge in [0.05, 0.1) is 17.1 Å². The third-order valence-corrected chi connectivity index (χ3v) is 5.28. The summed E-state index contributed by atoms with van der Waals surface area (Å²) in [7, 11) is 0. The van der Waals surface area contributed by atoms with Crippen molar-refractivity contribution in [1.82, 2.24) is 20.0 Å². The van der Waals surface area contributed by atoms with Crippen LogP contribution in [0.4, 0.5) is 0 Å². The zero-order chi connectivity index (χ0) is 20.8. The summed E-state index contributed by atoms with van der Waals surface area (Å²) in [6.45, 7) is 8.23. The van der Waals surface area contributed by atoms with Crippen molar-refractivity contribution in [3.63, 3.8) is 0 Å². The normalized spacial score (nSPS) is 12.3. The number of benzene rings is 2. The van der Waals surface area contributed by atoms with Gasteiger partial charge in [-0.05, 0) is 31.6 Å². The molecule has 3 rings (SSSR count). The Morgan fingerprint density at radius 3 is 2.31 bits per heavy atom. The Morgan fingerprint density at radius 1 is 1.03 bits per heavy atom. The Kier molecular flexibility index (Phi) is 6.77. The fourth-order valence-corrected chi connectivity index (χ4v) is 3.71. The molecule has 1 N–H and O–H groups in total. The number of likely N-dealkylation sites (N-methyl/N-ethyl adjacent to an activating group) is 1. The smallest absolute Gasteiger partial charge is 0.275 e. The van der Waals surface area contributed by atoms with Gasteiger partial charge in [-0.15, -0.1) is 0 Å². The van der Waals surface area contributed by atoms with E-state index in [1.54, 1.807) is 6.07 Å². The van der Waals surface area contributed by atoms with Crippen molar-refractivity contribution in [3.05, 3.63) is 76.2 Å². The molecule has 0 aliphatic rings. The summed E-state index contributed by atoms with van der Waals surface area (Å²) in [5.74, 6) is -0.220. The van der Waals surface area contributed by atoms with E-state index in [0.717, 1.165) is 29.7 Å². The van der Waals surface area contributed by atoms with Gasteiger partial charge in [-0.3, -0.25) is 14.5 Å². The molecule has 0 spiro atoms. The molecule has 152 valence electrons. The van der Waals surface area contributed by atoms with E-state index in [1.165, 1.54) is 4.68 Å². The summed E-state index contributed by atoms with van der Waals surface area (Å²) in [4.78, 5) is 27.6. The minimum absolute atomic E-state index is 0.0816. The Labute approximate surface area is 171 Å². The lowest BCUT2D eigenvalue weighted by Crippen LogP contribution is -2.40. The van der Waals surface area contributed by atoms with E-state index in [2.05, 4.69) is 41.3 Å². The van der Waals surface area contributed by atoms with Gasteiger partial charge in [-0.1, -0.05) is 62.4 Å². The number of nitrogens with one attached hydrogen (secondary N) is 1. The number of hydrogen-bond acceptors (Lipinski definition) is 4. The van der Waals surface area contributed by atoms with Gasteiger partial charge < -0.3 is 5.32 Å². The molecule has 1 aromatic heterocycles. The highest BCUT2D eigenvalue weighted by atomic mass is 16.2. The second kappa shape index (κ2) is 9.47. The van der Waals surface area contributed by atoms with Crippen molar-refractivity contribution in [2.45, 2.75) is 33.4 Å². The summed E-state index contributed by atoms with van der Waals surface area (Å²) >= 11 is 0. The minimum atomic E-state index is -0.246. The zero-order valence-corrected chi connectivity index (χ0v) is 17.3. The molecule has 0 bridgehead atoms. The first-order valence-electron chi connectivity index (χ1n) is 10.1. The fraction of sp³-hybridized carbons (Fsp3) is 0.348. The van der Waals surface area contributed by atoms with Crippen LogP contribution >= 0.6 is 0 Å². The number of aromatic nitrogens is 2. The molecule has 6 nitrogen and oxygen atoms in total.